The summed E-state index contributed by atoms with van der Waals surface area (Å²) in [5.74, 6) is 0.822. The fourth-order valence-corrected chi connectivity index (χ4v) is 2.60. The lowest BCUT2D eigenvalue weighted by Gasteiger charge is -2.07. The summed E-state index contributed by atoms with van der Waals surface area (Å²) in [5.41, 5.74) is 3.57. The van der Waals surface area contributed by atoms with Gasteiger partial charge in [0.1, 0.15) is 0 Å². The standard InChI is InChI=1S/C14H18N2OS/c1-10-3-2-4-12-13(10)16(14(18)15-12)7-8-17-9-11-5-6-11/h2-4,11H,5-9H2,1H3,(H,15,18). The van der Waals surface area contributed by atoms with Crippen molar-refractivity contribution in [3.05, 3.63) is 28.5 Å². The molecule has 18 heavy (non-hydrogen) atoms. The van der Waals surface area contributed by atoms with Crippen LogP contribution < -0.4 is 0 Å². The number of ether oxygens (including phenoxy) is 1. The third-order valence-corrected chi connectivity index (χ3v) is 3.83. The minimum absolute atomic E-state index is 0.742. The fraction of sp³-hybridized carbons (Fsp3) is 0.500. The third-order valence-electron chi connectivity index (χ3n) is 3.50. The monoisotopic (exact) mass is 262 g/mol. The van der Waals surface area contributed by atoms with Crippen molar-refractivity contribution >= 4 is 23.3 Å². The maximum Gasteiger partial charge on any atom is 0.178 e. The van der Waals surface area contributed by atoms with E-state index in [4.69, 9.17) is 17.0 Å². The Kier molecular flexibility index (Phi) is 3.22. The van der Waals surface area contributed by atoms with Crippen LogP contribution in [-0.2, 0) is 11.3 Å². The van der Waals surface area contributed by atoms with E-state index in [1.165, 1.54) is 23.9 Å². The molecule has 1 saturated carbocycles. The molecule has 1 aromatic carbocycles. The van der Waals surface area contributed by atoms with E-state index in [0.29, 0.717) is 0 Å². The topological polar surface area (TPSA) is 29.9 Å². The van der Waals surface area contributed by atoms with E-state index < -0.39 is 0 Å². The molecule has 0 aliphatic heterocycles. The van der Waals surface area contributed by atoms with Crippen LogP contribution in [0.1, 0.15) is 18.4 Å². The Bertz CT molecular complexity index is 610. The quantitative estimate of drug-likeness (QED) is 0.661. The molecule has 1 aliphatic rings. The molecule has 0 unspecified atom stereocenters. The molecule has 96 valence electrons. The number of imidazole rings is 1. The second-order valence-corrected chi connectivity index (χ2v) is 5.46. The number of hydrogen-bond donors (Lipinski definition) is 1. The average molecular weight is 262 g/mol. The molecule has 0 atom stereocenters. The Morgan fingerprint density at radius 3 is 3.06 bits per heavy atom. The van der Waals surface area contributed by atoms with Crippen molar-refractivity contribution in [2.75, 3.05) is 13.2 Å². The van der Waals surface area contributed by atoms with E-state index in [-0.39, 0.29) is 0 Å². The van der Waals surface area contributed by atoms with Crippen LogP contribution in [0.25, 0.3) is 11.0 Å². The van der Waals surface area contributed by atoms with E-state index >= 15 is 0 Å². The van der Waals surface area contributed by atoms with Crippen LogP contribution in [0.5, 0.6) is 0 Å². The molecule has 4 heteroatoms. The van der Waals surface area contributed by atoms with Crippen LogP contribution in [0, 0.1) is 17.6 Å². The predicted molar refractivity (Wildman–Crippen MR) is 75.4 cm³/mol. The smallest absolute Gasteiger partial charge is 0.178 e. The highest BCUT2D eigenvalue weighted by Gasteiger charge is 2.20. The zero-order valence-electron chi connectivity index (χ0n) is 10.6. The molecule has 1 heterocycles. The number of para-hydroxylation sites is 1. The van der Waals surface area contributed by atoms with Crippen LogP contribution in [-0.4, -0.2) is 22.8 Å². The first-order valence-corrected chi connectivity index (χ1v) is 6.92. The van der Waals surface area contributed by atoms with E-state index in [2.05, 4.69) is 34.7 Å². The number of nitrogens with zero attached hydrogens (tertiary/aromatic N) is 1. The average Bonchev–Trinajstić information content (AvgIpc) is 3.10. The molecular formula is C14H18N2OS. The first kappa shape index (κ1) is 11.9. The van der Waals surface area contributed by atoms with Crippen molar-refractivity contribution in [2.24, 2.45) is 5.92 Å². The molecule has 0 saturated heterocycles. The van der Waals surface area contributed by atoms with Gasteiger partial charge >= 0.3 is 0 Å². The molecule has 0 amide bonds. The Balaban J connectivity index is 1.77. The molecule has 1 aromatic heterocycles. The van der Waals surface area contributed by atoms with E-state index in [0.717, 1.165) is 36.0 Å². The van der Waals surface area contributed by atoms with Gasteiger partial charge in [-0.3, -0.25) is 0 Å². The van der Waals surface area contributed by atoms with Crippen LogP contribution in [0.2, 0.25) is 0 Å². The van der Waals surface area contributed by atoms with Gasteiger partial charge in [-0.1, -0.05) is 12.1 Å². The highest BCUT2D eigenvalue weighted by Crippen LogP contribution is 2.28. The Morgan fingerprint density at radius 2 is 2.28 bits per heavy atom. The maximum absolute atomic E-state index is 5.69. The van der Waals surface area contributed by atoms with Gasteiger partial charge in [0.2, 0.25) is 0 Å². The lowest BCUT2D eigenvalue weighted by atomic mass is 10.2. The number of aromatic amines is 1. The zero-order chi connectivity index (χ0) is 12.5. The van der Waals surface area contributed by atoms with Gasteiger partial charge in [-0.25, -0.2) is 0 Å². The molecule has 3 rings (SSSR count). The number of rotatable bonds is 5. The second kappa shape index (κ2) is 4.86. The van der Waals surface area contributed by atoms with Crippen LogP contribution >= 0.6 is 12.2 Å². The first-order valence-electron chi connectivity index (χ1n) is 6.51. The van der Waals surface area contributed by atoms with Crippen molar-refractivity contribution < 1.29 is 4.74 Å². The SMILES string of the molecule is Cc1cccc2[nH]c(=S)n(CCOCC3CC3)c12. The van der Waals surface area contributed by atoms with Crippen LogP contribution in [0.4, 0.5) is 0 Å². The van der Waals surface area contributed by atoms with E-state index in [1.807, 2.05) is 0 Å². The summed E-state index contributed by atoms with van der Waals surface area (Å²) >= 11 is 5.38. The Hall–Kier alpha value is -1.13. The van der Waals surface area contributed by atoms with E-state index in [1.54, 1.807) is 0 Å². The number of hydrogen-bond acceptors (Lipinski definition) is 2. The van der Waals surface area contributed by atoms with Crippen LogP contribution in [0.15, 0.2) is 18.2 Å². The van der Waals surface area contributed by atoms with Gasteiger partial charge in [-0.2, -0.15) is 0 Å². The lowest BCUT2D eigenvalue weighted by Crippen LogP contribution is -2.08. The number of aryl methyl sites for hydroxylation is 1. The van der Waals surface area contributed by atoms with Crippen molar-refractivity contribution in [3.8, 4) is 0 Å². The summed E-state index contributed by atoms with van der Waals surface area (Å²) in [6.45, 7) is 4.60. The molecule has 1 N–H and O–H groups in total. The number of fused-ring (bicyclic) bond motifs is 1. The van der Waals surface area contributed by atoms with E-state index in [9.17, 15) is 0 Å². The van der Waals surface area contributed by atoms with Gasteiger partial charge < -0.3 is 14.3 Å². The second-order valence-electron chi connectivity index (χ2n) is 5.07. The van der Waals surface area contributed by atoms with Crippen LogP contribution in [0.3, 0.4) is 0 Å². The van der Waals surface area contributed by atoms with Crippen molar-refractivity contribution in [1.29, 1.82) is 0 Å². The molecule has 3 nitrogen and oxygen atoms in total. The number of H-pyrrole nitrogens is 1. The number of benzene rings is 1. The van der Waals surface area contributed by atoms with Gasteiger partial charge in [0.05, 0.1) is 17.6 Å². The molecular weight excluding hydrogens is 244 g/mol. The van der Waals surface area contributed by atoms with Crippen molar-refractivity contribution in [3.63, 3.8) is 0 Å². The highest BCUT2D eigenvalue weighted by molar-refractivity contribution is 7.71. The molecule has 1 fully saturated rings. The normalized spacial score (nSPS) is 15.4. The summed E-state index contributed by atoms with van der Waals surface area (Å²) in [4.78, 5) is 3.25. The molecule has 0 radical (unpaired) electrons. The Labute approximate surface area is 112 Å². The molecule has 1 aliphatic carbocycles. The number of aromatic nitrogens is 2. The highest BCUT2D eigenvalue weighted by atomic mass is 32.1. The summed E-state index contributed by atoms with van der Waals surface area (Å²) in [5, 5.41) is 0. The van der Waals surface area contributed by atoms with Gasteiger partial charge in [0, 0.05) is 13.2 Å². The van der Waals surface area contributed by atoms with Gasteiger partial charge in [0.25, 0.3) is 0 Å². The van der Waals surface area contributed by atoms with Gasteiger partial charge in [0.15, 0.2) is 4.77 Å². The zero-order valence-corrected chi connectivity index (χ0v) is 11.4. The van der Waals surface area contributed by atoms with Crippen molar-refractivity contribution in [1.82, 2.24) is 9.55 Å². The largest absolute Gasteiger partial charge is 0.379 e. The third kappa shape index (κ3) is 2.35. The number of nitrogens with one attached hydrogen (secondary N) is 1. The summed E-state index contributed by atoms with van der Waals surface area (Å²) in [6.07, 6.45) is 2.68. The predicted octanol–water partition coefficient (Wildman–Crippen LogP) is 3.43. The minimum atomic E-state index is 0.742. The maximum atomic E-state index is 5.69. The van der Waals surface area contributed by atoms with Gasteiger partial charge in [-0.05, 0) is 49.5 Å². The minimum Gasteiger partial charge on any atom is -0.379 e. The molecule has 0 spiro atoms. The summed E-state index contributed by atoms with van der Waals surface area (Å²) in [7, 11) is 0. The lowest BCUT2D eigenvalue weighted by molar-refractivity contribution is 0.117. The fourth-order valence-electron chi connectivity index (χ4n) is 2.31. The van der Waals surface area contributed by atoms with Gasteiger partial charge in [-0.15, -0.1) is 0 Å². The van der Waals surface area contributed by atoms with Crippen molar-refractivity contribution in [2.45, 2.75) is 26.3 Å². The Morgan fingerprint density at radius 1 is 1.44 bits per heavy atom. The summed E-state index contributed by atoms with van der Waals surface area (Å²) < 4.78 is 8.63. The molecule has 0 bridgehead atoms. The summed E-state index contributed by atoms with van der Waals surface area (Å²) in [6, 6.07) is 6.24. The first-order chi connectivity index (χ1) is 8.75. The molecule has 2 aromatic rings.